The molecule has 0 aliphatic carbocycles. The lowest BCUT2D eigenvalue weighted by atomic mass is 9.97. The number of phosphoric ester groups is 1. The average Bonchev–Trinajstić information content (AvgIpc) is 3.29. The highest BCUT2D eigenvalue weighted by Crippen LogP contribution is 2.53. The molecule has 1 amide bonds. The molecule has 402 valence electrons. The number of alkyl carbamates (subject to hydrolysis) is 1. The number of para-hydroxylation sites is 2. The minimum atomic E-state index is -4.97. The fourth-order valence-corrected chi connectivity index (χ4v) is 9.09. The van der Waals surface area contributed by atoms with E-state index >= 15 is 4.57 Å². The van der Waals surface area contributed by atoms with Crippen molar-refractivity contribution in [3.8, 4) is 11.5 Å². The van der Waals surface area contributed by atoms with Gasteiger partial charge >= 0.3 is 32.0 Å². The van der Waals surface area contributed by atoms with Gasteiger partial charge in [-0.1, -0.05) is 209 Å². The quantitative estimate of drug-likeness (QED) is 0.0248. The summed E-state index contributed by atoms with van der Waals surface area (Å²) in [5, 5.41) is 2.45. The van der Waals surface area contributed by atoms with Crippen LogP contribution in [0.3, 0.4) is 0 Å². The van der Waals surface area contributed by atoms with Crippen LogP contribution < -0.4 is 14.4 Å². The number of ether oxygens (including phenoxy) is 6. The Bertz CT molecular complexity index is 1880. The Labute approximate surface area is 453 Å². The van der Waals surface area contributed by atoms with E-state index in [4.69, 9.17) is 123 Å². The lowest BCUT2D eigenvalue weighted by Crippen LogP contribution is -2.65. The van der Waals surface area contributed by atoms with E-state index in [2.05, 4.69) is 19.2 Å². The van der Waals surface area contributed by atoms with Gasteiger partial charge in [0.15, 0.2) is 17.3 Å². The van der Waals surface area contributed by atoms with Gasteiger partial charge in [-0.3, -0.25) is 14.1 Å². The average molecular weight is 1160 g/mol. The molecule has 6 atom stereocenters. The number of amides is 1. The Morgan fingerprint density at radius 1 is 0.704 bits per heavy atom. The number of esters is 2. The van der Waals surface area contributed by atoms with Gasteiger partial charge in [-0.15, -0.1) is 0 Å². The first kappa shape index (κ1) is 63.0. The van der Waals surface area contributed by atoms with E-state index in [1.165, 1.54) is 51.0 Å². The van der Waals surface area contributed by atoms with Crippen LogP contribution in [-0.2, 0) is 47.1 Å². The summed E-state index contributed by atoms with van der Waals surface area (Å²) in [7, 11) is -4.97. The minimum absolute atomic E-state index is 0.0223. The molecule has 23 heteroatoms. The number of carbonyl (C=O) groups excluding carboxylic acids is 4. The third-order valence-electron chi connectivity index (χ3n) is 10.9. The highest BCUT2D eigenvalue weighted by molar-refractivity contribution is 7.49. The van der Waals surface area contributed by atoms with Crippen molar-refractivity contribution in [1.29, 1.82) is 0 Å². The van der Waals surface area contributed by atoms with Gasteiger partial charge < -0.3 is 42.8 Å². The lowest BCUT2D eigenvalue weighted by molar-refractivity contribution is -0.196. The molecular formula is C48H67Cl7NO14P. The maximum Gasteiger partial charge on any atom is 0.588 e. The van der Waals surface area contributed by atoms with Gasteiger partial charge in [0, 0.05) is 6.42 Å². The Morgan fingerprint density at radius 2 is 1.23 bits per heavy atom. The fraction of sp³-hybridized carbons (Fsp3) is 0.667. The van der Waals surface area contributed by atoms with Gasteiger partial charge in [0.25, 0.3) is 0 Å². The zero-order valence-corrected chi connectivity index (χ0v) is 46.7. The van der Waals surface area contributed by atoms with Crippen molar-refractivity contribution in [2.24, 2.45) is 0 Å². The molecule has 1 N–H and O–H groups in total. The molecular weight excluding hydrogens is 1090 g/mol. The van der Waals surface area contributed by atoms with Crippen LogP contribution in [0.5, 0.6) is 11.5 Å². The number of benzene rings is 2. The van der Waals surface area contributed by atoms with Crippen molar-refractivity contribution in [3.63, 3.8) is 0 Å². The molecule has 3 rings (SSSR count). The van der Waals surface area contributed by atoms with Crippen LogP contribution in [-0.4, -0.2) is 86.6 Å². The van der Waals surface area contributed by atoms with Crippen molar-refractivity contribution >= 4 is 113 Å². The largest absolute Gasteiger partial charge is 0.588 e. The van der Waals surface area contributed by atoms with Crippen LogP contribution in [0.15, 0.2) is 60.7 Å². The number of carbonyl (C=O) groups is 4. The number of phosphoric acid groups is 1. The SMILES string of the molecule is CCCCCCCCCCC[C@H](CC(=O)O[C@H]1[C@H](OP(=O)(Oc2ccccc2)Oc2ccccc2)[C@@H](COC(=O)OC(C)(C)C(Cl)(Cl)Cl)OC(Cl)[C@@H]1NC(=O)OCC(Cl)(Cl)Cl)OC(=O)CCCCCCC. The van der Waals surface area contributed by atoms with Crippen molar-refractivity contribution in [2.45, 2.75) is 186 Å². The molecule has 1 aliphatic rings. The fourth-order valence-electron chi connectivity index (χ4n) is 7.04. The van der Waals surface area contributed by atoms with E-state index in [1.54, 1.807) is 36.4 Å². The Kier molecular flexibility index (Phi) is 28.6. The van der Waals surface area contributed by atoms with Crippen LogP contribution in [0.4, 0.5) is 9.59 Å². The number of alkyl halides is 7. The van der Waals surface area contributed by atoms with Gasteiger partial charge in [0.2, 0.25) is 7.59 Å². The predicted octanol–water partition coefficient (Wildman–Crippen LogP) is 14.9. The van der Waals surface area contributed by atoms with Gasteiger partial charge in [-0.2, -0.15) is 0 Å². The highest BCUT2D eigenvalue weighted by atomic mass is 35.6. The number of hydrogen-bond acceptors (Lipinski definition) is 14. The van der Waals surface area contributed by atoms with Gasteiger partial charge in [0.05, 0.1) is 6.42 Å². The number of rotatable bonds is 31. The predicted molar refractivity (Wildman–Crippen MR) is 276 cm³/mol. The number of hydrogen-bond donors (Lipinski definition) is 1. The second-order valence-electron chi connectivity index (χ2n) is 17.4. The molecule has 71 heavy (non-hydrogen) atoms. The van der Waals surface area contributed by atoms with E-state index in [9.17, 15) is 19.2 Å². The zero-order valence-electron chi connectivity index (χ0n) is 40.5. The molecule has 1 aliphatic heterocycles. The maximum atomic E-state index is 15.1. The van der Waals surface area contributed by atoms with E-state index in [1.807, 2.05) is 0 Å². The molecule has 1 saturated heterocycles. The summed E-state index contributed by atoms with van der Waals surface area (Å²) in [5.74, 6) is -1.39. The molecule has 0 bridgehead atoms. The van der Waals surface area contributed by atoms with Crippen molar-refractivity contribution in [1.82, 2.24) is 5.32 Å². The van der Waals surface area contributed by atoms with Gasteiger partial charge in [-0.05, 0) is 57.4 Å². The van der Waals surface area contributed by atoms with Crippen molar-refractivity contribution in [2.75, 3.05) is 13.2 Å². The van der Waals surface area contributed by atoms with Crippen LogP contribution in [0.25, 0.3) is 0 Å². The normalized spacial score (nSPS) is 18.9. The Hall–Kier alpha value is -2.30. The second-order valence-corrected chi connectivity index (χ2v) is 24.1. The molecule has 1 fully saturated rings. The molecule has 2 aromatic rings. The molecule has 0 aromatic heterocycles. The molecule has 1 unspecified atom stereocenters. The standard InChI is InChI=1S/C48H67Cl7NO14P/c1-5-7-9-11-12-13-14-16-19-29-36(64-38(57)30-24-15-10-8-6-2)31-39(58)66-42-40(56-44(59)63-33-47(50,51)52)43(49)65-37(32-62-45(60)67-46(3,4)48(53,54)55)41(42)70-71(61,68-34-25-20-17-21-26-34)69-35-27-22-18-23-28-35/h17-18,20-23,25-28,36-37,40-43H,5-16,19,24,29-33H2,1-4H3,(H,56,59)/t36-,37-,40-,41-,42-,43?/m1/s1. The molecule has 0 saturated carbocycles. The molecule has 0 radical (unpaired) electrons. The highest BCUT2D eigenvalue weighted by Gasteiger charge is 2.54. The molecule has 0 spiro atoms. The van der Waals surface area contributed by atoms with Crippen molar-refractivity contribution in [3.05, 3.63) is 60.7 Å². The zero-order chi connectivity index (χ0) is 52.5. The number of nitrogens with one attached hydrogen (secondary N) is 1. The smallest absolute Gasteiger partial charge is 0.462 e. The summed E-state index contributed by atoms with van der Waals surface area (Å²) in [6.45, 7) is 5.37. The van der Waals surface area contributed by atoms with E-state index < -0.39 is 101 Å². The first-order valence-electron chi connectivity index (χ1n) is 23.9. The summed E-state index contributed by atoms with van der Waals surface area (Å²) in [4.78, 5) is 54.1. The van der Waals surface area contributed by atoms with Crippen LogP contribution in [0.1, 0.15) is 137 Å². The summed E-state index contributed by atoms with van der Waals surface area (Å²) in [5.41, 5.74) is -3.37. The topological polar surface area (TPSA) is 180 Å². The third kappa shape index (κ3) is 25.2. The van der Waals surface area contributed by atoms with Gasteiger partial charge in [0.1, 0.15) is 49.1 Å². The second kappa shape index (κ2) is 32.2. The van der Waals surface area contributed by atoms with Gasteiger partial charge in [-0.25, -0.2) is 14.2 Å². The van der Waals surface area contributed by atoms with Crippen LogP contribution in [0, 0.1) is 0 Å². The summed E-state index contributed by atoms with van der Waals surface area (Å²) in [6.07, 6.45) is 5.08. The lowest BCUT2D eigenvalue weighted by Gasteiger charge is -2.44. The maximum absolute atomic E-state index is 15.1. The molecule has 15 nitrogen and oxygen atoms in total. The summed E-state index contributed by atoms with van der Waals surface area (Å²) >= 11 is 42.5. The molecule has 1 heterocycles. The Balaban J connectivity index is 2.07. The first-order valence-corrected chi connectivity index (χ1v) is 28.1. The van der Waals surface area contributed by atoms with E-state index in [-0.39, 0.29) is 17.9 Å². The van der Waals surface area contributed by atoms with E-state index in [0.717, 1.165) is 64.2 Å². The number of unbranched alkanes of at least 4 members (excludes halogenated alkanes) is 12. The third-order valence-corrected chi connectivity index (χ3v) is 14.4. The summed E-state index contributed by atoms with van der Waals surface area (Å²) in [6, 6.07) is 14.0. The molecule has 2 aromatic carbocycles. The minimum Gasteiger partial charge on any atom is -0.462 e. The first-order chi connectivity index (χ1) is 33.5. The monoisotopic (exact) mass is 1160 g/mol. The van der Waals surface area contributed by atoms with E-state index in [0.29, 0.717) is 19.3 Å². The van der Waals surface area contributed by atoms with Crippen LogP contribution in [0.2, 0.25) is 0 Å². The number of halogens is 7. The van der Waals surface area contributed by atoms with Crippen molar-refractivity contribution < 1.29 is 65.7 Å². The Morgan fingerprint density at radius 3 is 1.75 bits per heavy atom. The van der Waals surface area contributed by atoms with Crippen LogP contribution >= 0.6 is 89.0 Å². The summed E-state index contributed by atoms with van der Waals surface area (Å²) < 4.78 is 63.0.